The number of carboxylic acids is 1. The zero-order chi connectivity index (χ0) is 12.4. The third-order valence-electron chi connectivity index (χ3n) is 2.66. The van der Waals surface area contributed by atoms with Crippen LogP contribution in [0.5, 0.6) is 0 Å². The Bertz CT molecular complexity index is 544. The van der Waals surface area contributed by atoms with Crippen molar-refractivity contribution in [3.8, 4) is 11.3 Å². The summed E-state index contributed by atoms with van der Waals surface area (Å²) < 4.78 is 0. The number of nitrogens with one attached hydrogen (secondary N) is 1. The van der Waals surface area contributed by atoms with Crippen molar-refractivity contribution in [1.29, 1.82) is 0 Å². The quantitative estimate of drug-likeness (QED) is 0.852. The molecule has 0 aliphatic heterocycles. The molecule has 0 atom stereocenters. The second-order valence-corrected chi connectivity index (χ2v) is 4.17. The Labute approximate surface area is 99.3 Å². The third kappa shape index (κ3) is 2.06. The van der Waals surface area contributed by atoms with Crippen molar-refractivity contribution in [1.82, 2.24) is 9.97 Å². The van der Waals surface area contributed by atoms with E-state index in [1.807, 2.05) is 19.9 Å². The van der Waals surface area contributed by atoms with Crippen molar-refractivity contribution >= 4 is 5.97 Å². The van der Waals surface area contributed by atoms with Crippen molar-refractivity contribution in [2.75, 3.05) is 0 Å². The van der Waals surface area contributed by atoms with Crippen molar-refractivity contribution in [2.45, 2.75) is 19.8 Å². The number of carboxylic acid groups (broad SMARTS) is 1. The number of carbonyl (C=O) groups is 1. The minimum atomic E-state index is -0.932. The summed E-state index contributed by atoms with van der Waals surface area (Å²) in [6, 6.07) is 6.91. The fourth-order valence-electron chi connectivity index (χ4n) is 1.84. The molecule has 17 heavy (non-hydrogen) atoms. The molecule has 1 aromatic carbocycles. The Balaban J connectivity index is 2.60. The van der Waals surface area contributed by atoms with Gasteiger partial charge in [-0.3, -0.25) is 0 Å². The molecule has 0 spiro atoms. The molecule has 0 unspecified atom stereocenters. The summed E-state index contributed by atoms with van der Waals surface area (Å²) >= 11 is 0. The van der Waals surface area contributed by atoms with Crippen LogP contribution in [0.3, 0.4) is 0 Å². The highest BCUT2D eigenvalue weighted by Crippen LogP contribution is 2.28. The maximum absolute atomic E-state index is 11.2. The first-order valence-electron chi connectivity index (χ1n) is 5.47. The molecular weight excluding hydrogens is 216 g/mol. The highest BCUT2D eigenvalue weighted by molar-refractivity contribution is 5.95. The number of aromatic amines is 1. The lowest BCUT2D eigenvalue weighted by Gasteiger charge is -2.08. The topological polar surface area (TPSA) is 66.0 Å². The standard InChI is InChI=1S/C13H14N2O2/c1-8(2)11-12(15-7-14-11)9-5-3-4-6-10(9)13(16)17/h3-8H,1-2H3,(H,14,15)(H,16,17). The van der Waals surface area contributed by atoms with Gasteiger partial charge in [-0.1, -0.05) is 32.0 Å². The van der Waals surface area contributed by atoms with Crippen LogP contribution in [0.15, 0.2) is 30.6 Å². The first-order valence-corrected chi connectivity index (χ1v) is 5.47. The number of rotatable bonds is 3. The summed E-state index contributed by atoms with van der Waals surface area (Å²) in [4.78, 5) is 18.5. The SMILES string of the molecule is CC(C)c1[nH]cnc1-c1ccccc1C(=O)O. The van der Waals surface area contributed by atoms with Crippen LogP contribution in [-0.4, -0.2) is 21.0 Å². The fourth-order valence-corrected chi connectivity index (χ4v) is 1.84. The molecule has 88 valence electrons. The number of aromatic carboxylic acids is 1. The van der Waals surface area contributed by atoms with E-state index < -0.39 is 5.97 Å². The molecular formula is C13H14N2O2. The number of H-pyrrole nitrogens is 1. The van der Waals surface area contributed by atoms with E-state index in [-0.39, 0.29) is 11.5 Å². The highest BCUT2D eigenvalue weighted by atomic mass is 16.4. The van der Waals surface area contributed by atoms with E-state index in [0.717, 1.165) is 11.4 Å². The van der Waals surface area contributed by atoms with Gasteiger partial charge < -0.3 is 10.1 Å². The predicted octanol–water partition coefficient (Wildman–Crippen LogP) is 2.90. The van der Waals surface area contributed by atoms with Gasteiger partial charge >= 0.3 is 5.97 Å². The molecule has 4 heteroatoms. The van der Waals surface area contributed by atoms with Gasteiger partial charge in [-0.25, -0.2) is 9.78 Å². The van der Waals surface area contributed by atoms with Crippen molar-refractivity contribution in [3.05, 3.63) is 41.9 Å². The molecule has 0 saturated carbocycles. The van der Waals surface area contributed by atoms with Crippen LogP contribution in [-0.2, 0) is 0 Å². The molecule has 0 aliphatic rings. The van der Waals surface area contributed by atoms with Crippen molar-refractivity contribution < 1.29 is 9.90 Å². The fraction of sp³-hybridized carbons (Fsp3) is 0.231. The molecule has 0 fully saturated rings. The van der Waals surface area contributed by atoms with E-state index >= 15 is 0 Å². The maximum atomic E-state index is 11.2. The predicted molar refractivity (Wildman–Crippen MR) is 65.1 cm³/mol. The van der Waals surface area contributed by atoms with Crippen molar-refractivity contribution in [2.24, 2.45) is 0 Å². The monoisotopic (exact) mass is 230 g/mol. The van der Waals surface area contributed by atoms with Gasteiger partial charge in [0.1, 0.15) is 0 Å². The summed E-state index contributed by atoms with van der Waals surface area (Å²) in [7, 11) is 0. The van der Waals surface area contributed by atoms with Gasteiger partial charge in [0.25, 0.3) is 0 Å². The van der Waals surface area contributed by atoms with Crippen LogP contribution in [0, 0.1) is 0 Å². The van der Waals surface area contributed by atoms with E-state index in [9.17, 15) is 4.79 Å². The van der Waals surface area contributed by atoms with E-state index in [1.165, 1.54) is 0 Å². The molecule has 2 aromatic rings. The Hall–Kier alpha value is -2.10. The van der Waals surface area contributed by atoms with Gasteiger partial charge in [-0.05, 0) is 12.0 Å². The van der Waals surface area contributed by atoms with Crippen LogP contribution in [0.25, 0.3) is 11.3 Å². The highest BCUT2D eigenvalue weighted by Gasteiger charge is 2.17. The second kappa shape index (κ2) is 4.41. The average molecular weight is 230 g/mol. The number of nitrogens with zero attached hydrogens (tertiary/aromatic N) is 1. The molecule has 1 heterocycles. The summed E-state index contributed by atoms with van der Waals surface area (Å²) in [5.41, 5.74) is 2.61. The summed E-state index contributed by atoms with van der Waals surface area (Å²) in [6.07, 6.45) is 1.60. The molecule has 2 N–H and O–H groups in total. The van der Waals surface area contributed by atoms with Crippen molar-refractivity contribution in [3.63, 3.8) is 0 Å². The normalized spacial score (nSPS) is 10.8. The molecule has 0 bridgehead atoms. The molecule has 2 rings (SSSR count). The van der Waals surface area contributed by atoms with Gasteiger partial charge in [-0.15, -0.1) is 0 Å². The largest absolute Gasteiger partial charge is 0.478 e. The van der Waals surface area contributed by atoms with E-state index in [2.05, 4.69) is 9.97 Å². The lowest BCUT2D eigenvalue weighted by molar-refractivity contribution is 0.0697. The van der Waals surface area contributed by atoms with E-state index in [1.54, 1.807) is 24.5 Å². The smallest absolute Gasteiger partial charge is 0.336 e. The van der Waals surface area contributed by atoms with Crippen LogP contribution in [0.2, 0.25) is 0 Å². The zero-order valence-electron chi connectivity index (χ0n) is 9.77. The molecule has 4 nitrogen and oxygen atoms in total. The molecule has 0 saturated heterocycles. The Morgan fingerprint density at radius 1 is 1.35 bits per heavy atom. The number of imidazole rings is 1. The first kappa shape index (κ1) is 11.4. The second-order valence-electron chi connectivity index (χ2n) is 4.17. The number of hydrogen-bond acceptors (Lipinski definition) is 2. The maximum Gasteiger partial charge on any atom is 0.336 e. The lowest BCUT2D eigenvalue weighted by atomic mass is 9.99. The van der Waals surface area contributed by atoms with Gasteiger partial charge in [0.2, 0.25) is 0 Å². The van der Waals surface area contributed by atoms with E-state index in [4.69, 9.17) is 5.11 Å². The van der Waals surface area contributed by atoms with Crippen LogP contribution < -0.4 is 0 Å². The first-order chi connectivity index (χ1) is 8.11. The number of hydrogen-bond donors (Lipinski definition) is 2. The van der Waals surface area contributed by atoms with E-state index in [0.29, 0.717) is 5.56 Å². The molecule has 0 amide bonds. The van der Waals surface area contributed by atoms with Gasteiger partial charge in [0.15, 0.2) is 0 Å². The third-order valence-corrected chi connectivity index (χ3v) is 2.66. The summed E-state index contributed by atoms with van der Waals surface area (Å²) in [5, 5.41) is 9.16. The summed E-state index contributed by atoms with van der Waals surface area (Å²) in [6.45, 7) is 4.08. The minimum Gasteiger partial charge on any atom is -0.478 e. The lowest BCUT2D eigenvalue weighted by Crippen LogP contribution is -2.01. The van der Waals surface area contributed by atoms with Gasteiger partial charge in [-0.2, -0.15) is 0 Å². The molecule has 0 aliphatic carbocycles. The Morgan fingerprint density at radius 3 is 2.71 bits per heavy atom. The summed E-state index contributed by atoms with van der Waals surface area (Å²) in [5.74, 6) is -0.660. The van der Waals surface area contributed by atoms with Crippen LogP contribution in [0.4, 0.5) is 0 Å². The van der Waals surface area contributed by atoms with Crippen LogP contribution >= 0.6 is 0 Å². The van der Waals surface area contributed by atoms with Gasteiger partial charge in [0.05, 0.1) is 17.6 Å². The Morgan fingerprint density at radius 2 is 2.06 bits per heavy atom. The minimum absolute atomic E-state index is 0.273. The van der Waals surface area contributed by atoms with Crippen LogP contribution in [0.1, 0.15) is 35.8 Å². The Kier molecular flexibility index (Phi) is 2.95. The number of aromatic nitrogens is 2. The number of benzene rings is 1. The molecule has 0 radical (unpaired) electrons. The average Bonchev–Trinajstić information content (AvgIpc) is 2.77. The van der Waals surface area contributed by atoms with Gasteiger partial charge in [0, 0.05) is 11.3 Å². The zero-order valence-corrected chi connectivity index (χ0v) is 9.77. The molecule has 1 aromatic heterocycles.